The fourth-order valence-corrected chi connectivity index (χ4v) is 2.20. The van der Waals surface area contributed by atoms with E-state index in [0.29, 0.717) is 6.42 Å². The number of nitrogens with zero attached hydrogens (tertiary/aromatic N) is 1. The summed E-state index contributed by atoms with van der Waals surface area (Å²) in [5, 5.41) is 0. The van der Waals surface area contributed by atoms with E-state index in [1.165, 1.54) is 0 Å². The first kappa shape index (κ1) is 14.8. The van der Waals surface area contributed by atoms with Crippen molar-refractivity contribution in [1.29, 1.82) is 0 Å². The second kappa shape index (κ2) is 6.70. The summed E-state index contributed by atoms with van der Waals surface area (Å²) in [6.45, 7) is 2.01. The molecule has 0 fully saturated rings. The Morgan fingerprint density at radius 3 is 2.24 bits per heavy atom. The molecule has 0 unspecified atom stereocenters. The Hall–Kier alpha value is -2.62. The molecule has 0 heterocycles. The van der Waals surface area contributed by atoms with E-state index in [1.54, 1.807) is 0 Å². The van der Waals surface area contributed by atoms with E-state index in [2.05, 4.69) is 4.99 Å². The second-order valence-corrected chi connectivity index (χ2v) is 5.03. The Bertz CT molecular complexity index is 629. The molecule has 0 bridgehead atoms. The van der Waals surface area contributed by atoms with Crippen molar-refractivity contribution in [3.05, 3.63) is 71.3 Å². The van der Waals surface area contributed by atoms with E-state index in [4.69, 9.17) is 11.5 Å². The minimum Gasteiger partial charge on any atom is -0.370 e. The topological polar surface area (TPSA) is 81.5 Å². The molecule has 1 amide bonds. The fraction of sp³-hybridized carbons (Fsp3) is 0.176. The van der Waals surface area contributed by atoms with Crippen LogP contribution in [-0.2, 0) is 11.2 Å². The molecule has 21 heavy (non-hydrogen) atoms. The Morgan fingerprint density at radius 2 is 1.67 bits per heavy atom. The predicted octanol–water partition coefficient (Wildman–Crippen LogP) is 2.12. The summed E-state index contributed by atoms with van der Waals surface area (Å²) in [6, 6.07) is 17.7. The number of carbonyl (C=O) groups excluding carboxylic acids is 1. The third-order valence-corrected chi connectivity index (χ3v) is 3.30. The number of benzene rings is 2. The van der Waals surface area contributed by atoms with Crippen molar-refractivity contribution in [2.24, 2.45) is 16.5 Å². The van der Waals surface area contributed by atoms with E-state index in [9.17, 15) is 4.79 Å². The van der Waals surface area contributed by atoms with Crippen LogP contribution in [0.3, 0.4) is 0 Å². The molecule has 0 aliphatic heterocycles. The molecule has 4 nitrogen and oxygen atoms in total. The maximum Gasteiger partial charge on any atom is 0.256 e. The zero-order chi connectivity index (χ0) is 15.2. The number of carbonyl (C=O) groups is 1. The van der Waals surface area contributed by atoms with E-state index < -0.39 is 0 Å². The number of hydrogen-bond donors (Lipinski definition) is 2. The van der Waals surface area contributed by atoms with Crippen LogP contribution < -0.4 is 11.5 Å². The number of amides is 1. The minimum absolute atomic E-state index is 0.204. The van der Waals surface area contributed by atoms with Gasteiger partial charge >= 0.3 is 0 Å². The van der Waals surface area contributed by atoms with Crippen LogP contribution in [-0.4, -0.2) is 11.9 Å². The highest BCUT2D eigenvalue weighted by molar-refractivity contribution is 5.95. The van der Waals surface area contributed by atoms with Gasteiger partial charge in [-0.15, -0.1) is 0 Å². The molecule has 0 spiro atoms. The van der Waals surface area contributed by atoms with Crippen LogP contribution in [0, 0.1) is 6.92 Å². The molecule has 0 aromatic heterocycles. The van der Waals surface area contributed by atoms with Gasteiger partial charge in [0.15, 0.2) is 5.96 Å². The third kappa shape index (κ3) is 4.18. The Balaban J connectivity index is 2.32. The van der Waals surface area contributed by atoms with Crippen molar-refractivity contribution >= 4 is 11.9 Å². The molecule has 1 atom stereocenters. The molecule has 4 heteroatoms. The van der Waals surface area contributed by atoms with Crippen LogP contribution in [0.25, 0.3) is 0 Å². The number of guanidine groups is 1. The van der Waals surface area contributed by atoms with E-state index in [0.717, 1.165) is 16.7 Å². The molecule has 0 aliphatic carbocycles. The SMILES string of the molecule is Cc1ccc([C@H](Cc2ccccc2)C(=O)N=C(N)N)cc1. The third-order valence-electron chi connectivity index (χ3n) is 3.30. The van der Waals surface area contributed by atoms with Gasteiger partial charge in [-0.3, -0.25) is 4.79 Å². The van der Waals surface area contributed by atoms with E-state index in [1.807, 2.05) is 61.5 Å². The van der Waals surface area contributed by atoms with E-state index >= 15 is 0 Å². The van der Waals surface area contributed by atoms with Gasteiger partial charge in [-0.25, -0.2) is 0 Å². The highest BCUT2D eigenvalue weighted by atomic mass is 16.1. The second-order valence-electron chi connectivity index (χ2n) is 5.03. The molecule has 0 aliphatic rings. The van der Waals surface area contributed by atoms with Gasteiger partial charge in [0.2, 0.25) is 0 Å². The van der Waals surface area contributed by atoms with Gasteiger partial charge < -0.3 is 11.5 Å². The summed E-state index contributed by atoms with van der Waals surface area (Å²) in [4.78, 5) is 16.0. The molecular weight excluding hydrogens is 262 g/mol. The quantitative estimate of drug-likeness (QED) is 0.665. The van der Waals surface area contributed by atoms with Gasteiger partial charge in [0, 0.05) is 0 Å². The average Bonchev–Trinajstić information content (AvgIpc) is 2.46. The molecule has 0 saturated heterocycles. The van der Waals surface area contributed by atoms with Crippen molar-refractivity contribution in [2.45, 2.75) is 19.3 Å². The largest absolute Gasteiger partial charge is 0.370 e. The molecular formula is C17H19N3O. The predicted molar refractivity (Wildman–Crippen MR) is 84.9 cm³/mol. The van der Waals surface area contributed by atoms with Crippen LogP contribution >= 0.6 is 0 Å². The van der Waals surface area contributed by atoms with Crippen LogP contribution in [0.1, 0.15) is 22.6 Å². The summed E-state index contributed by atoms with van der Waals surface area (Å²) < 4.78 is 0. The maximum absolute atomic E-state index is 12.3. The lowest BCUT2D eigenvalue weighted by Crippen LogP contribution is -2.26. The van der Waals surface area contributed by atoms with Crippen molar-refractivity contribution in [3.63, 3.8) is 0 Å². The Kier molecular flexibility index (Phi) is 4.72. The van der Waals surface area contributed by atoms with Gasteiger partial charge in [0.1, 0.15) is 0 Å². The first-order valence-corrected chi connectivity index (χ1v) is 6.80. The number of rotatable bonds is 4. The first-order chi connectivity index (χ1) is 10.1. The van der Waals surface area contributed by atoms with Gasteiger partial charge in [-0.1, -0.05) is 60.2 Å². The summed E-state index contributed by atoms with van der Waals surface area (Å²) >= 11 is 0. The van der Waals surface area contributed by atoms with Crippen LogP contribution in [0.4, 0.5) is 0 Å². The lowest BCUT2D eigenvalue weighted by atomic mass is 9.91. The molecule has 4 N–H and O–H groups in total. The van der Waals surface area contributed by atoms with Gasteiger partial charge in [-0.05, 0) is 24.5 Å². The lowest BCUT2D eigenvalue weighted by Gasteiger charge is -2.14. The van der Waals surface area contributed by atoms with Crippen LogP contribution in [0.5, 0.6) is 0 Å². The van der Waals surface area contributed by atoms with Gasteiger partial charge in [0.05, 0.1) is 5.92 Å². The summed E-state index contributed by atoms with van der Waals surface area (Å²) in [5.74, 6) is -0.900. The smallest absolute Gasteiger partial charge is 0.256 e. The summed E-state index contributed by atoms with van der Waals surface area (Å²) in [5.41, 5.74) is 13.8. The molecule has 0 radical (unpaired) electrons. The van der Waals surface area contributed by atoms with Gasteiger partial charge in [0.25, 0.3) is 5.91 Å². The van der Waals surface area contributed by atoms with Crippen molar-refractivity contribution < 1.29 is 4.79 Å². The zero-order valence-corrected chi connectivity index (χ0v) is 12.0. The van der Waals surface area contributed by atoms with Crippen molar-refractivity contribution in [3.8, 4) is 0 Å². The fourth-order valence-electron chi connectivity index (χ4n) is 2.20. The molecule has 2 rings (SSSR count). The standard InChI is InChI=1S/C17H19N3O/c1-12-7-9-14(10-8-12)15(16(21)20-17(18)19)11-13-5-3-2-4-6-13/h2-10,15H,11H2,1H3,(H4,18,19,20,21)/t15-/m0/s1. The monoisotopic (exact) mass is 281 g/mol. The summed E-state index contributed by atoms with van der Waals surface area (Å²) in [7, 11) is 0. The molecule has 108 valence electrons. The van der Waals surface area contributed by atoms with E-state index in [-0.39, 0.29) is 17.8 Å². The normalized spacial score (nSPS) is 11.7. The van der Waals surface area contributed by atoms with Gasteiger partial charge in [-0.2, -0.15) is 4.99 Å². The number of aryl methyl sites for hydroxylation is 1. The van der Waals surface area contributed by atoms with Crippen molar-refractivity contribution in [1.82, 2.24) is 0 Å². The highest BCUT2D eigenvalue weighted by Crippen LogP contribution is 2.23. The number of hydrogen-bond acceptors (Lipinski definition) is 1. The molecule has 0 saturated carbocycles. The summed E-state index contributed by atoms with van der Waals surface area (Å²) in [6.07, 6.45) is 0.569. The minimum atomic E-state index is -0.380. The lowest BCUT2D eigenvalue weighted by molar-refractivity contribution is -0.119. The molecule has 2 aromatic carbocycles. The zero-order valence-electron chi connectivity index (χ0n) is 12.0. The van der Waals surface area contributed by atoms with Crippen LogP contribution in [0.2, 0.25) is 0 Å². The molecule has 2 aromatic rings. The first-order valence-electron chi connectivity index (χ1n) is 6.80. The Morgan fingerprint density at radius 1 is 1.05 bits per heavy atom. The number of nitrogens with two attached hydrogens (primary N) is 2. The maximum atomic E-state index is 12.3. The van der Waals surface area contributed by atoms with Crippen molar-refractivity contribution in [2.75, 3.05) is 0 Å². The average molecular weight is 281 g/mol. The van der Waals surface area contributed by atoms with Crippen LogP contribution in [0.15, 0.2) is 59.6 Å². The highest BCUT2D eigenvalue weighted by Gasteiger charge is 2.21. The number of aliphatic imine (C=N–C) groups is 1. The Labute approximate surface area is 124 Å².